The van der Waals surface area contributed by atoms with Gasteiger partial charge in [0.15, 0.2) is 5.82 Å². The fraction of sp³-hybridized carbons (Fsp3) is 0.200. The third-order valence-electron chi connectivity index (χ3n) is 3.92. The third kappa shape index (κ3) is 4.75. The average molecular weight is 397 g/mol. The Hall–Kier alpha value is -3.18. The summed E-state index contributed by atoms with van der Waals surface area (Å²) in [7, 11) is 0. The second-order valence-electron chi connectivity index (χ2n) is 5.81. The standard InChI is InChI=1S/C20H16FN3O3S/c21-14-5-7-15(8-6-14)28-12-9-19(25)27-13-18-23-17-4-2-1-3-16(17)20(26)24(18)11-10-22/h1-8H,9,11-13H2. The lowest BCUT2D eigenvalue weighted by Gasteiger charge is -2.11. The van der Waals surface area contributed by atoms with Crippen molar-refractivity contribution in [3.63, 3.8) is 0 Å². The van der Waals surface area contributed by atoms with Crippen molar-refractivity contribution in [2.45, 2.75) is 24.5 Å². The molecular weight excluding hydrogens is 381 g/mol. The molecule has 2 aromatic carbocycles. The molecule has 1 heterocycles. The highest BCUT2D eigenvalue weighted by Crippen LogP contribution is 2.19. The minimum Gasteiger partial charge on any atom is -0.457 e. The van der Waals surface area contributed by atoms with Crippen molar-refractivity contribution >= 4 is 28.6 Å². The van der Waals surface area contributed by atoms with Gasteiger partial charge in [-0.25, -0.2) is 9.37 Å². The van der Waals surface area contributed by atoms with Crippen LogP contribution in [-0.2, 0) is 22.7 Å². The zero-order chi connectivity index (χ0) is 19.9. The molecule has 0 saturated carbocycles. The first kappa shape index (κ1) is 19.6. The number of fused-ring (bicyclic) bond motifs is 1. The first-order valence-electron chi connectivity index (χ1n) is 8.48. The van der Waals surface area contributed by atoms with E-state index in [-0.39, 0.29) is 36.8 Å². The van der Waals surface area contributed by atoms with E-state index in [1.807, 2.05) is 6.07 Å². The molecule has 8 heteroatoms. The molecule has 0 aliphatic rings. The van der Waals surface area contributed by atoms with Crippen LogP contribution in [0.25, 0.3) is 10.9 Å². The largest absolute Gasteiger partial charge is 0.457 e. The van der Waals surface area contributed by atoms with E-state index in [1.165, 1.54) is 28.5 Å². The molecule has 0 aliphatic carbocycles. The SMILES string of the molecule is N#CCn1c(COC(=O)CCSc2ccc(F)cc2)nc2ccccc2c1=O. The summed E-state index contributed by atoms with van der Waals surface area (Å²) in [6.07, 6.45) is 0.151. The van der Waals surface area contributed by atoms with E-state index in [0.717, 1.165) is 4.90 Å². The van der Waals surface area contributed by atoms with Gasteiger partial charge in [-0.1, -0.05) is 12.1 Å². The summed E-state index contributed by atoms with van der Waals surface area (Å²) in [6, 6.07) is 14.7. The van der Waals surface area contributed by atoms with E-state index in [1.54, 1.807) is 36.4 Å². The van der Waals surface area contributed by atoms with Crippen LogP contribution >= 0.6 is 11.8 Å². The minimum absolute atomic E-state index is 0.151. The maximum atomic E-state index is 12.9. The number of nitrogens with zero attached hydrogens (tertiary/aromatic N) is 3. The summed E-state index contributed by atoms with van der Waals surface area (Å²) < 4.78 is 19.3. The van der Waals surface area contributed by atoms with Gasteiger partial charge in [-0.15, -0.1) is 11.8 Å². The van der Waals surface area contributed by atoms with Gasteiger partial charge in [-0.05, 0) is 36.4 Å². The maximum Gasteiger partial charge on any atom is 0.307 e. The Kier molecular flexibility index (Phi) is 6.40. The highest BCUT2D eigenvalue weighted by molar-refractivity contribution is 7.99. The molecule has 0 aliphatic heterocycles. The Labute approximate surface area is 164 Å². The fourth-order valence-corrected chi connectivity index (χ4v) is 3.39. The van der Waals surface area contributed by atoms with Crippen molar-refractivity contribution in [2.24, 2.45) is 0 Å². The Morgan fingerprint density at radius 3 is 2.71 bits per heavy atom. The number of rotatable bonds is 7. The highest BCUT2D eigenvalue weighted by Gasteiger charge is 2.13. The van der Waals surface area contributed by atoms with Gasteiger partial charge in [0.1, 0.15) is 19.0 Å². The molecule has 0 atom stereocenters. The predicted molar refractivity (Wildman–Crippen MR) is 103 cm³/mol. The molecule has 0 N–H and O–H groups in total. The summed E-state index contributed by atoms with van der Waals surface area (Å²) in [4.78, 5) is 29.8. The molecule has 3 aromatic rings. The van der Waals surface area contributed by atoms with Gasteiger partial charge in [0.05, 0.1) is 23.4 Å². The van der Waals surface area contributed by atoms with Gasteiger partial charge in [0.2, 0.25) is 0 Å². The van der Waals surface area contributed by atoms with Crippen LogP contribution in [-0.4, -0.2) is 21.3 Å². The number of hydrogen-bond donors (Lipinski definition) is 0. The molecule has 0 radical (unpaired) electrons. The van der Waals surface area contributed by atoms with Gasteiger partial charge in [0, 0.05) is 10.6 Å². The van der Waals surface area contributed by atoms with Crippen molar-refractivity contribution in [1.29, 1.82) is 5.26 Å². The number of aromatic nitrogens is 2. The lowest BCUT2D eigenvalue weighted by atomic mass is 10.2. The van der Waals surface area contributed by atoms with Crippen molar-refractivity contribution in [3.8, 4) is 6.07 Å². The highest BCUT2D eigenvalue weighted by atomic mass is 32.2. The van der Waals surface area contributed by atoms with E-state index < -0.39 is 5.97 Å². The van der Waals surface area contributed by atoms with Crippen LogP contribution < -0.4 is 5.56 Å². The Bertz CT molecular complexity index is 1090. The summed E-state index contributed by atoms with van der Waals surface area (Å²) in [5.41, 5.74) is 0.143. The third-order valence-corrected chi connectivity index (χ3v) is 4.93. The normalized spacial score (nSPS) is 10.6. The lowest BCUT2D eigenvalue weighted by Crippen LogP contribution is -2.26. The number of carbonyl (C=O) groups is 1. The second-order valence-corrected chi connectivity index (χ2v) is 6.98. The molecule has 0 saturated heterocycles. The van der Waals surface area contributed by atoms with Crippen LogP contribution in [0.2, 0.25) is 0 Å². The van der Waals surface area contributed by atoms with Gasteiger partial charge >= 0.3 is 5.97 Å². The molecule has 28 heavy (non-hydrogen) atoms. The Morgan fingerprint density at radius 1 is 1.21 bits per heavy atom. The molecule has 142 valence electrons. The number of hydrogen-bond acceptors (Lipinski definition) is 6. The van der Waals surface area contributed by atoms with Gasteiger partial charge in [0.25, 0.3) is 5.56 Å². The summed E-state index contributed by atoms with van der Waals surface area (Å²) in [6.45, 7) is -0.369. The van der Waals surface area contributed by atoms with Crippen LogP contribution in [0.5, 0.6) is 0 Å². The number of benzene rings is 2. The van der Waals surface area contributed by atoms with Crippen molar-refractivity contribution in [1.82, 2.24) is 9.55 Å². The molecule has 1 aromatic heterocycles. The van der Waals surface area contributed by atoms with E-state index >= 15 is 0 Å². The monoisotopic (exact) mass is 397 g/mol. The van der Waals surface area contributed by atoms with Crippen molar-refractivity contribution in [3.05, 3.63) is 70.5 Å². The number of carbonyl (C=O) groups excluding carboxylic acids is 1. The van der Waals surface area contributed by atoms with E-state index in [4.69, 9.17) is 10.00 Å². The van der Waals surface area contributed by atoms with Crippen LogP contribution in [0.15, 0.2) is 58.2 Å². The predicted octanol–water partition coefficient (Wildman–Crippen LogP) is 3.28. The molecule has 0 fully saturated rings. The first-order chi connectivity index (χ1) is 13.6. The van der Waals surface area contributed by atoms with Crippen molar-refractivity contribution in [2.75, 3.05) is 5.75 Å². The van der Waals surface area contributed by atoms with E-state index in [2.05, 4.69) is 4.98 Å². The number of ether oxygens (including phenoxy) is 1. The number of esters is 1. The lowest BCUT2D eigenvalue weighted by molar-refractivity contribution is -0.144. The molecule has 0 spiro atoms. The molecular formula is C20H16FN3O3S. The Morgan fingerprint density at radius 2 is 1.96 bits per heavy atom. The molecule has 3 rings (SSSR count). The fourth-order valence-electron chi connectivity index (χ4n) is 2.56. The van der Waals surface area contributed by atoms with Crippen LogP contribution in [0.3, 0.4) is 0 Å². The molecule has 0 bridgehead atoms. The van der Waals surface area contributed by atoms with E-state index in [9.17, 15) is 14.0 Å². The smallest absolute Gasteiger partial charge is 0.307 e. The second kappa shape index (κ2) is 9.15. The van der Waals surface area contributed by atoms with Crippen LogP contribution in [0.1, 0.15) is 12.2 Å². The van der Waals surface area contributed by atoms with Gasteiger partial charge in [-0.3, -0.25) is 14.2 Å². The van der Waals surface area contributed by atoms with Gasteiger partial charge < -0.3 is 4.74 Å². The van der Waals surface area contributed by atoms with Crippen molar-refractivity contribution < 1.29 is 13.9 Å². The maximum absolute atomic E-state index is 12.9. The quantitative estimate of drug-likeness (QED) is 0.449. The van der Waals surface area contributed by atoms with Gasteiger partial charge in [-0.2, -0.15) is 5.26 Å². The molecule has 0 amide bonds. The number of nitriles is 1. The molecule has 0 unspecified atom stereocenters. The topological polar surface area (TPSA) is 85.0 Å². The number of thioether (sulfide) groups is 1. The molecule has 6 nitrogen and oxygen atoms in total. The Balaban J connectivity index is 1.63. The van der Waals surface area contributed by atoms with Crippen LogP contribution in [0.4, 0.5) is 4.39 Å². The zero-order valence-corrected chi connectivity index (χ0v) is 15.6. The minimum atomic E-state index is -0.444. The average Bonchev–Trinajstić information content (AvgIpc) is 2.70. The summed E-state index contributed by atoms with van der Waals surface area (Å²) in [5.74, 6) is -0.0546. The number of para-hydroxylation sites is 1. The summed E-state index contributed by atoms with van der Waals surface area (Å²) >= 11 is 1.41. The number of halogens is 1. The van der Waals surface area contributed by atoms with E-state index in [0.29, 0.717) is 16.7 Å². The summed E-state index contributed by atoms with van der Waals surface area (Å²) in [5, 5.41) is 9.39. The zero-order valence-electron chi connectivity index (χ0n) is 14.8. The first-order valence-corrected chi connectivity index (χ1v) is 9.46. The van der Waals surface area contributed by atoms with Crippen LogP contribution in [0, 0.1) is 17.1 Å².